The van der Waals surface area contributed by atoms with Crippen LogP contribution in [0.25, 0.3) is 0 Å². The van der Waals surface area contributed by atoms with Gasteiger partial charge in [-0.15, -0.1) is 0 Å². The molecule has 0 spiro atoms. The maximum absolute atomic E-state index is 13.8. The number of hydrogen-bond acceptors (Lipinski definition) is 2. The zero-order valence-corrected chi connectivity index (χ0v) is 21.5. The largest absolute Gasteiger partial charge is 0.373 e. The zero-order chi connectivity index (χ0) is 23.3. The highest BCUT2D eigenvalue weighted by molar-refractivity contribution is 9.10. The van der Waals surface area contributed by atoms with Gasteiger partial charge in [-0.2, -0.15) is 0 Å². The van der Waals surface area contributed by atoms with Crippen LogP contribution in [0, 0.1) is 0 Å². The highest BCUT2D eigenvalue weighted by Crippen LogP contribution is 2.32. The topological polar surface area (TPSA) is 32.3 Å². The van der Waals surface area contributed by atoms with E-state index in [9.17, 15) is 4.79 Å². The fraction of sp³-hybridized carbons (Fsp3) is 0.231. The van der Waals surface area contributed by atoms with E-state index in [1.807, 2.05) is 83.8 Å². The van der Waals surface area contributed by atoms with E-state index in [2.05, 4.69) is 42.0 Å². The van der Waals surface area contributed by atoms with Gasteiger partial charge in [0.2, 0.25) is 0 Å². The van der Waals surface area contributed by atoms with Gasteiger partial charge < -0.3 is 10.2 Å². The van der Waals surface area contributed by atoms with Crippen LogP contribution < -0.4 is 5.32 Å². The molecule has 6 heteroatoms. The third-order valence-corrected chi connectivity index (χ3v) is 6.11. The summed E-state index contributed by atoms with van der Waals surface area (Å²) in [5, 5.41) is 4.08. The Bertz CT molecular complexity index is 1080. The Hall–Kier alpha value is -2.21. The van der Waals surface area contributed by atoms with Gasteiger partial charge in [-0.1, -0.05) is 88.3 Å². The molecule has 3 aromatic rings. The average molecular weight is 530 g/mol. The number of thiocarbonyl (C=S) groups is 1. The van der Waals surface area contributed by atoms with Crippen molar-refractivity contribution < 1.29 is 4.79 Å². The molecule has 1 N–H and O–H groups in total. The Morgan fingerprint density at radius 3 is 2.19 bits per heavy atom. The maximum Gasteiger partial charge on any atom is 0.255 e. The monoisotopic (exact) mass is 528 g/mol. The maximum atomic E-state index is 13.8. The zero-order valence-electron chi connectivity index (χ0n) is 18.3. The second-order valence-corrected chi connectivity index (χ2v) is 10.3. The molecule has 1 atom stereocenters. The van der Waals surface area contributed by atoms with E-state index in [4.69, 9.17) is 23.8 Å². The van der Waals surface area contributed by atoms with Crippen LogP contribution in [0.5, 0.6) is 0 Å². The summed E-state index contributed by atoms with van der Waals surface area (Å²) >= 11 is 15.7. The standard InChI is InChI=1S/C26H26BrClN2OS/c1-26(2,3)29-24(32)23(21-11-7-8-12-22(21)27)30(17-18-13-15-20(28)16-14-18)25(31)19-9-5-4-6-10-19/h4-16,23H,17H2,1-3H3,(H,29,32). The van der Waals surface area contributed by atoms with E-state index in [1.54, 1.807) is 0 Å². The Balaban J connectivity index is 2.12. The lowest BCUT2D eigenvalue weighted by molar-refractivity contribution is 0.0707. The summed E-state index contributed by atoms with van der Waals surface area (Å²) < 4.78 is 0.894. The molecule has 1 amide bonds. The van der Waals surface area contributed by atoms with Crippen molar-refractivity contribution in [2.45, 2.75) is 38.9 Å². The summed E-state index contributed by atoms with van der Waals surface area (Å²) in [7, 11) is 0. The van der Waals surface area contributed by atoms with Crippen LogP contribution in [-0.4, -0.2) is 21.3 Å². The van der Waals surface area contributed by atoms with Crippen LogP contribution in [0.4, 0.5) is 0 Å². The van der Waals surface area contributed by atoms with Crippen molar-refractivity contribution in [3.63, 3.8) is 0 Å². The number of amides is 1. The lowest BCUT2D eigenvalue weighted by Gasteiger charge is -2.36. The van der Waals surface area contributed by atoms with Crippen molar-refractivity contribution in [2.75, 3.05) is 0 Å². The molecule has 0 aliphatic carbocycles. The molecule has 3 aromatic carbocycles. The second-order valence-electron chi connectivity index (χ2n) is 8.59. The SMILES string of the molecule is CC(C)(C)NC(=S)C(c1ccccc1Br)N(Cc1ccc(Cl)cc1)C(=O)c1ccccc1. The fourth-order valence-corrected chi connectivity index (χ4v) is 4.59. The first kappa shape index (κ1) is 24.4. The summed E-state index contributed by atoms with van der Waals surface area (Å²) in [6.45, 7) is 6.54. The van der Waals surface area contributed by atoms with Crippen LogP contribution in [0.3, 0.4) is 0 Å². The minimum Gasteiger partial charge on any atom is -0.373 e. The molecule has 0 heterocycles. The summed E-state index contributed by atoms with van der Waals surface area (Å²) in [5.41, 5.74) is 2.25. The Kier molecular flexibility index (Phi) is 8.10. The first-order chi connectivity index (χ1) is 15.2. The van der Waals surface area contributed by atoms with Crippen LogP contribution >= 0.6 is 39.7 Å². The van der Waals surface area contributed by atoms with E-state index >= 15 is 0 Å². The fourth-order valence-electron chi connectivity index (χ4n) is 3.40. The Labute approximate surface area is 208 Å². The molecule has 166 valence electrons. The number of nitrogens with one attached hydrogen (secondary N) is 1. The van der Waals surface area contributed by atoms with Crippen molar-refractivity contribution in [3.8, 4) is 0 Å². The lowest BCUT2D eigenvalue weighted by Crippen LogP contribution is -2.48. The molecule has 32 heavy (non-hydrogen) atoms. The van der Waals surface area contributed by atoms with Gasteiger partial charge in [0.05, 0.1) is 0 Å². The smallest absolute Gasteiger partial charge is 0.255 e. The van der Waals surface area contributed by atoms with E-state index in [1.165, 1.54) is 0 Å². The molecule has 0 aromatic heterocycles. The molecule has 0 saturated carbocycles. The molecule has 0 aliphatic rings. The molecule has 1 unspecified atom stereocenters. The molecule has 0 fully saturated rings. The van der Waals surface area contributed by atoms with E-state index in [0.717, 1.165) is 15.6 Å². The molecule has 0 bridgehead atoms. The van der Waals surface area contributed by atoms with Crippen LogP contribution in [0.15, 0.2) is 83.3 Å². The third kappa shape index (κ3) is 6.41. The normalized spacial score (nSPS) is 12.2. The molecule has 3 nitrogen and oxygen atoms in total. The van der Waals surface area contributed by atoms with Gasteiger partial charge >= 0.3 is 0 Å². The summed E-state index contributed by atoms with van der Waals surface area (Å²) in [6.07, 6.45) is 0. The van der Waals surface area contributed by atoms with Crippen molar-refractivity contribution in [3.05, 3.63) is 105 Å². The summed E-state index contributed by atoms with van der Waals surface area (Å²) in [4.78, 5) is 16.2. The van der Waals surface area contributed by atoms with Crippen LogP contribution in [0.2, 0.25) is 5.02 Å². The van der Waals surface area contributed by atoms with Crippen molar-refractivity contribution in [2.24, 2.45) is 0 Å². The molecule has 3 rings (SSSR count). The van der Waals surface area contributed by atoms with Crippen LogP contribution in [0.1, 0.15) is 48.3 Å². The average Bonchev–Trinajstić information content (AvgIpc) is 2.75. The van der Waals surface area contributed by atoms with E-state index < -0.39 is 6.04 Å². The van der Waals surface area contributed by atoms with Gasteiger partial charge in [-0.25, -0.2) is 0 Å². The lowest BCUT2D eigenvalue weighted by atomic mass is 10.0. The Morgan fingerprint density at radius 2 is 1.59 bits per heavy atom. The number of benzene rings is 3. The van der Waals surface area contributed by atoms with Crippen molar-refractivity contribution in [1.82, 2.24) is 10.2 Å². The van der Waals surface area contributed by atoms with Gasteiger partial charge in [-0.05, 0) is 62.2 Å². The number of hydrogen-bond donors (Lipinski definition) is 1. The van der Waals surface area contributed by atoms with E-state index in [0.29, 0.717) is 22.1 Å². The minimum absolute atomic E-state index is 0.0978. The van der Waals surface area contributed by atoms with Gasteiger partial charge in [0, 0.05) is 27.1 Å². The molecular formula is C26H26BrClN2OS. The van der Waals surface area contributed by atoms with Gasteiger partial charge in [-0.3, -0.25) is 4.79 Å². The molecular weight excluding hydrogens is 504 g/mol. The van der Waals surface area contributed by atoms with Crippen molar-refractivity contribution in [1.29, 1.82) is 0 Å². The quantitative estimate of drug-likeness (QED) is 0.343. The summed E-state index contributed by atoms with van der Waals surface area (Å²) in [5.74, 6) is -0.0978. The van der Waals surface area contributed by atoms with Gasteiger partial charge in [0.15, 0.2) is 0 Å². The molecule has 0 saturated heterocycles. The van der Waals surface area contributed by atoms with E-state index in [-0.39, 0.29) is 11.4 Å². The summed E-state index contributed by atoms with van der Waals surface area (Å²) in [6, 6.07) is 24.2. The minimum atomic E-state index is -0.469. The second kappa shape index (κ2) is 10.6. The molecule has 0 aliphatic heterocycles. The highest BCUT2D eigenvalue weighted by atomic mass is 79.9. The predicted molar refractivity (Wildman–Crippen MR) is 140 cm³/mol. The number of carbonyl (C=O) groups excluding carboxylic acids is 1. The number of rotatable bonds is 6. The number of carbonyl (C=O) groups is 1. The first-order valence-corrected chi connectivity index (χ1v) is 11.9. The van der Waals surface area contributed by atoms with Gasteiger partial charge in [0.1, 0.15) is 11.0 Å². The van der Waals surface area contributed by atoms with Crippen LogP contribution in [-0.2, 0) is 6.54 Å². The van der Waals surface area contributed by atoms with Crippen molar-refractivity contribution >= 4 is 50.6 Å². The highest BCUT2D eigenvalue weighted by Gasteiger charge is 2.32. The number of halogens is 2. The first-order valence-electron chi connectivity index (χ1n) is 10.3. The number of nitrogens with zero attached hydrogens (tertiary/aromatic N) is 1. The third-order valence-electron chi connectivity index (χ3n) is 4.81. The molecule has 0 radical (unpaired) electrons. The van der Waals surface area contributed by atoms with Gasteiger partial charge in [0.25, 0.3) is 5.91 Å². The Morgan fingerprint density at radius 1 is 1.00 bits per heavy atom. The predicted octanol–water partition coefficient (Wildman–Crippen LogP) is 7.20.